The third-order valence-corrected chi connectivity index (χ3v) is 3.37. The molecule has 0 atom stereocenters. The van der Waals surface area contributed by atoms with Crippen molar-refractivity contribution in [1.29, 1.82) is 0 Å². The molecule has 2 N–H and O–H groups in total. The summed E-state index contributed by atoms with van der Waals surface area (Å²) in [5, 5.41) is 5.84. The van der Waals surface area contributed by atoms with Gasteiger partial charge in [-0.3, -0.25) is 4.79 Å². The summed E-state index contributed by atoms with van der Waals surface area (Å²) in [6.07, 6.45) is 0.542. The van der Waals surface area contributed by atoms with Crippen molar-refractivity contribution >= 4 is 30.1 Å². The van der Waals surface area contributed by atoms with Gasteiger partial charge in [0.05, 0.1) is 7.11 Å². The van der Waals surface area contributed by atoms with Crippen molar-refractivity contribution in [3.05, 3.63) is 24.3 Å². The minimum atomic E-state index is 0. The van der Waals surface area contributed by atoms with Crippen molar-refractivity contribution < 1.29 is 9.53 Å². The second-order valence-corrected chi connectivity index (χ2v) is 4.90. The molecule has 1 rings (SSSR count). The van der Waals surface area contributed by atoms with E-state index in [0.717, 1.165) is 22.9 Å². The summed E-state index contributed by atoms with van der Waals surface area (Å²) in [7, 11) is 3.52. The number of carbonyl (C=O) groups is 1. The molecule has 0 spiro atoms. The highest BCUT2D eigenvalue weighted by atomic mass is 35.5. The van der Waals surface area contributed by atoms with E-state index in [1.54, 1.807) is 18.9 Å². The molecule has 0 heterocycles. The van der Waals surface area contributed by atoms with E-state index in [2.05, 4.69) is 10.6 Å². The van der Waals surface area contributed by atoms with Crippen LogP contribution < -0.4 is 15.4 Å². The fraction of sp³-hybridized carbons (Fsp3) is 0.462. The third-order valence-electron chi connectivity index (χ3n) is 2.35. The molecule has 0 bridgehead atoms. The first kappa shape index (κ1) is 18.1. The summed E-state index contributed by atoms with van der Waals surface area (Å²) >= 11 is 1.68. The summed E-state index contributed by atoms with van der Waals surface area (Å²) in [4.78, 5) is 12.6. The average molecular weight is 305 g/mol. The molecule has 0 aliphatic heterocycles. The first-order valence-electron chi connectivity index (χ1n) is 5.94. The van der Waals surface area contributed by atoms with Gasteiger partial charge >= 0.3 is 0 Å². The Morgan fingerprint density at radius 1 is 1.26 bits per heavy atom. The van der Waals surface area contributed by atoms with E-state index in [1.165, 1.54) is 0 Å². The van der Waals surface area contributed by atoms with E-state index in [0.29, 0.717) is 13.0 Å². The largest absolute Gasteiger partial charge is 0.497 e. The maximum absolute atomic E-state index is 11.4. The van der Waals surface area contributed by atoms with Crippen LogP contribution in [0, 0.1) is 0 Å². The molecule has 1 amide bonds. The molecule has 6 heteroatoms. The average Bonchev–Trinajstić information content (AvgIpc) is 2.40. The molecule has 0 aliphatic rings. The van der Waals surface area contributed by atoms with Gasteiger partial charge < -0.3 is 15.4 Å². The second kappa shape index (κ2) is 11.0. The predicted molar refractivity (Wildman–Crippen MR) is 82.5 cm³/mol. The summed E-state index contributed by atoms with van der Waals surface area (Å²) < 4.78 is 5.09. The number of thioether (sulfide) groups is 1. The normalized spacial score (nSPS) is 9.58. The summed E-state index contributed by atoms with van der Waals surface area (Å²) in [6.45, 7) is 1.49. The fourth-order valence-electron chi connectivity index (χ4n) is 1.35. The van der Waals surface area contributed by atoms with Gasteiger partial charge in [0.1, 0.15) is 5.75 Å². The lowest BCUT2D eigenvalue weighted by atomic mass is 10.3. The Labute approximate surface area is 125 Å². The topological polar surface area (TPSA) is 50.4 Å². The van der Waals surface area contributed by atoms with Crippen LogP contribution in [0.3, 0.4) is 0 Å². The number of halogens is 1. The minimum Gasteiger partial charge on any atom is -0.497 e. The first-order valence-corrected chi connectivity index (χ1v) is 6.93. The molecular formula is C13H21ClN2O2S. The minimum absolute atomic E-state index is 0. The number of hydrogen-bond acceptors (Lipinski definition) is 4. The number of ether oxygens (including phenoxy) is 1. The molecular weight excluding hydrogens is 284 g/mol. The van der Waals surface area contributed by atoms with Crippen LogP contribution in [0.25, 0.3) is 0 Å². The number of amides is 1. The number of hydrogen-bond donors (Lipinski definition) is 2. The van der Waals surface area contributed by atoms with Crippen LogP contribution in [0.4, 0.5) is 0 Å². The van der Waals surface area contributed by atoms with Crippen LogP contribution in [0.15, 0.2) is 29.2 Å². The van der Waals surface area contributed by atoms with Gasteiger partial charge in [0.2, 0.25) is 5.91 Å². The van der Waals surface area contributed by atoms with E-state index in [4.69, 9.17) is 4.74 Å². The molecule has 1 aromatic rings. The molecule has 4 nitrogen and oxygen atoms in total. The predicted octanol–water partition coefficient (Wildman–Crippen LogP) is 1.93. The van der Waals surface area contributed by atoms with Crippen molar-refractivity contribution in [2.24, 2.45) is 0 Å². The summed E-state index contributed by atoms with van der Waals surface area (Å²) in [6, 6.07) is 7.86. The van der Waals surface area contributed by atoms with Gasteiger partial charge in [-0.2, -0.15) is 0 Å². The molecule has 0 saturated carbocycles. The summed E-state index contributed by atoms with van der Waals surface area (Å²) in [5.41, 5.74) is 0. The van der Waals surface area contributed by atoms with Gasteiger partial charge in [-0.15, -0.1) is 24.2 Å². The van der Waals surface area contributed by atoms with E-state index >= 15 is 0 Å². The lowest BCUT2D eigenvalue weighted by Crippen LogP contribution is -2.30. The molecule has 0 saturated heterocycles. The standard InChI is InChI=1S/C13H20N2O2S.ClH/c1-14-8-9-15-13(16)7-10-18-12-5-3-11(17-2)4-6-12;/h3-6,14H,7-10H2,1-2H3,(H,15,16);1H. The maximum Gasteiger partial charge on any atom is 0.220 e. The van der Waals surface area contributed by atoms with Gasteiger partial charge in [0, 0.05) is 30.2 Å². The zero-order valence-corrected chi connectivity index (χ0v) is 12.9. The number of nitrogens with one attached hydrogen (secondary N) is 2. The Balaban J connectivity index is 0.00000324. The van der Waals surface area contributed by atoms with Crippen LogP contribution in [0.2, 0.25) is 0 Å². The Morgan fingerprint density at radius 3 is 2.53 bits per heavy atom. The van der Waals surface area contributed by atoms with Gasteiger partial charge in [0.15, 0.2) is 0 Å². The molecule has 0 aromatic heterocycles. The number of carbonyl (C=O) groups excluding carboxylic acids is 1. The lowest BCUT2D eigenvalue weighted by molar-refractivity contribution is -0.120. The number of methoxy groups -OCH3 is 1. The Kier molecular flexibility index (Phi) is 10.4. The first-order chi connectivity index (χ1) is 8.76. The molecule has 0 fully saturated rings. The van der Waals surface area contributed by atoms with Gasteiger partial charge in [-0.25, -0.2) is 0 Å². The molecule has 0 aliphatic carbocycles. The lowest BCUT2D eigenvalue weighted by Gasteiger charge is -2.05. The SMILES string of the molecule is CNCCNC(=O)CCSc1ccc(OC)cc1.Cl. The molecule has 0 unspecified atom stereocenters. The highest BCUT2D eigenvalue weighted by Gasteiger charge is 2.01. The van der Waals surface area contributed by atoms with Crippen LogP contribution in [0.5, 0.6) is 5.75 Å². The number of likely N-dealkylation sites (N-methyl/N-ethyl adjacent to an activating group) is 1. The molecule has 108 valence electrons. The quantitative estimate of drug-likeness (QED) is 0.569. The van der Waals surface area contributed by atoms with Crippen LogP contribution in [0.1, 0.15) is 6.42 Å². The van der Waals surface area contributed by atoms with Crippen LogP contribution >= 0.6 is 24.2 Å². The molecule has 19 heavy (non-hydrogen) atoms. The van der Waals surface area contributed by atoms with E-state index in [9.17, 15) is 4.79 Å². The van der Waals surface area contributed by atoms with E-state index < -0.39 is 0 Å². The van der Waals surface area contributed by atoms with E-state index in [-0.39, 0.29) is 18.3 Å². The number of benzene rings is 1. The van der Waals surface area contributed by atoms with Crippen LogP contribution in [-0.4, -0.2) is 38.9 Å². The Morgan fingerprint density at radius 2 is 1.95 bits per heavy atom. The van der Waals surface area contributed by atoms with Crippen molar-refractivity contribution in [2.45, 2.75) is 11.3 Å². The Bertz CT molecular complexity index is 360. The highest BCUT2D eigenvalue weighted by Crippen LogP contribution is 2.21. The molecule has 1 aromatic carbocycles. The Hall–Kier alpha value is -0.910. The van der Waals surface area contributed by atoms with Gasteiger partial charge in [-0.1, -0.05) is 0 Å². The summed E-state index contributed by atoms with van der Waals surface area (Å²) in [5.74, 6) is 1.74. The van der Waals surface area contributed by atoms with Crippen LogP contribution in [-0.2, 0) is 4.79 Å². The monoisotopic (exact) mass is 304 g/mol. The third kappa shape index (κ3) is 7.97. The molecule has 0 radical (unpaired) electrons. The smallest absolute Gasteiger partial charge is 0.220 e. The highest BCUT2D eigenvalue weighted by molar-refractivity contribution is 7.99. The van der Waals surface area contributed by atoms with E-state index in [1.807, 2.05) is 31.3 Å². The maximum atomic E-state index is 11.4. The van der Waals surface area contributed by atoms with Gasteiger partial charge in [-0.05, 0) is 31.3 Å². The van der Waals surface area contributed by atoms with Crippen molar-refractivity contribution in [3.8, 4) is 5.75 Å². The zero-order chi connectivity index (χ0) is 13.2. The van der Waals surface area contributed by atoms with Gasteiger partial charge in [0.25, 0.3) is 0 Å². The van der Waals surface area contributed by atoms with Crippen molar-refractivity contribution in [1.82, 2.24) is 10.6 Å². The second-order valence-electron chi connectivity index (χ2n) is 3.73. The zero-order valence-electron chi connectivity index (χ0n) is 11.3. The fourth-order valence-corrected chi connectivity index (χ4v) is 2.20. The van der Waals surface area contributed by atoms with Crippen molar-refractivity contribution in [2.75, 3.05) is 33.0 Å². The van der Waals surface area contributed by atoms with Crippen molar-refractivity contribution in [3.63, 3.8) is 0 Å². The number of rotatable bonds is 8.